The van der Waals surface area contributed by atoms with E-state index in [1.807, 2.05) is 0 Å². The minimum Gasteiger partial charge on any atom is -0.744 e. The van der Waals surface area contributed by atoms with Crippen molar-refractivity contribution in [2.45, 2.75) is 9.79 Å². The molecular weight excluding hydrogens is 518 g/mol. The van der Waals surface area contributed by atoms with E-state index in [0.717, 1.165) is 18.2 Å². The summed E-state index contributed by atoms with van der Waals surface area (Å²) in [6.07, 6.45) is 0. The van der Waals surface area contributed by atoms with Crippen LogP contribution in [0.5, 0.6) is 11.5 Å². The molecule has 0 unspecified atom stereocenters. The number of azo groups is 1. The van der Waals surface area contributed by atoms with Crippen LogP contribution in [0.2, 0.25) is 0 Å². The van der Waals surface area contributed by atoms with Crippen LogP contribution in [0, 0.1) is 0 Å². The molecule has 0 atom stereocenters. The Hall–Kier alpha value is -2.78. The van der Waals surface area contributed by atoms with Crippen LogP contribution in [-0.4, -0.2) is 38.2 Å². The monoisotopic (exact) mass is 531 g/mol. The normalized spacial score (nSPS) is 12.5. The van der Waals surface area contributed by atoms with Gasteiger partial charge in [-0.3, -0.25) is 4.55 Å². The van der Waals surface area contributed by atoms with Crippen LogP contribution >= 0.6 is 15.9 Å². The Balaban J connectivity index is 2.33. The molecule has 0 aliphatic rings. The average Bonchev–Trinajstić information content (AvgIpc) is 2.65. The quantitative estimate of drug-likeness (QED) is 0.163. The predicted octanol–water partition coefficient (Wildman–Crippen LogP) is 1.55. The first kappa shape index (κ1) is 22.9. The fourth-order valence-corrected chi connectivity index (χ4v) is 4.38. The maximum absolute atomic E-state index is 11.9. The van der Waals surface area contributed by atoms with E-state index in [0.29, 0.717) is 10.2 Å². The highest BCUT2D eigenvalue weighted by Crippen LogP contribution is 2.40. The third-order valence-corrected chi connectivity index (χ3v) is 6.36. The second-order valence-corrected chi connectivity index (χ2v) is 9.86. The molecule has 164 valence electrons. The van der Waals surface area contributed by atoms with Gasteiger partial charge in [-0.2, -0.15) is 8.42 Å². The maximum atomic E-state index is 11.9. The summed E-state index contributed by atoms with van der Waals surface area (Å²) in [5, 5.41) is 16.7. The lowest BCUT2D eigenvalue weighted by atomic mass is 10.1. The van der Waals surface area contributed by atoms with Crippen molar-refractivity contribution in [3.05, 3.63) is 40.9 Å². The Bertz CT molecular complexity index is 1450. The molecule has 0 saturated carbocycles. The standard InChI is InChI=1S/C17H14BrN3O8S2/c1-29-13-6-9(18)2-3-12(13)20-21-16-14(31(26,27)28)5-8-4-10(30(23,24)25)7-11(19)15(8)17(16)22/h2-7,22H,19H2,1H3,(H,23,24,25)(H,26,27,28). The Morgan fingerprint density at radius 3 is 2.42 bits per heavy atom. The molecule has 0 amide bonds. The van der Waals surface area contributed by atoms with Gasteiger partial charge in [0.15, 0.2) is 16.3 Å². The zero-order chi connectivity index (χ0) is 23.1. The summed E-state index contributed by atoms with van der Waals surface area (Å²) in [5.41, 5.74) is 5.19. The molecule has 0 radical (unpaired) electrons. The first-order valence-electron chi connectivity index (χ1n) is 8.16. The van der Waals surface area contributed by atoms with E-state index in [1.54, 1.807) is 12.1 Å². The van der Waals surface area contributed by atoms with Crippen LogP contribution < -0.4 is 15.6 Å². The zero-order valence-electron chi connectivity index (χ0n) is 15.5. The maximum Gasteiger partial charge on any atom is 0.301 e. The van der Waals surface area contributed by atoms with Crippen LogP contribution in [0.1, 0.15) is 0 Å². The highest BCUT2D eigenvalue weighted by molar-refractivity contribution is 9.10. The minimum absolute atomic E-state index is 0.153. The van der Waals surface area contributed by atoms with E-state index in [-0.39, 0.29) is 22.1 Å². The fraction of sp³-hybridized carbons (Fsp3) is 0.0588. The molecule has 0 fully saturated rings. The lowest BCUT2D eigenvalue weighted by Gasteiger charge is -2.12. The number of fused-ring (bicyclic) bond motifs is 1. The van der Waals surface area contributed by atoms with Crippen molar-refractivity contribution in [2.24, 2.45) is 5.11 Å². The number of benzene rings is 3. The first-order chi connectivity index (χ1) is 14.3. The lowest BCUT2D eigenvalue weighted by Crippen LogP contribution is -2.58. The molecule has 0 spiro atoms. The number of phenolic OH excluding ortho intramolecular Hbond substituents is 1. The molecule has 0 aromatic heterocycles. The van der Waals surface area contributed by atoms with Crippen molar-refractivity contribution in [3.8, 4) is 11.5 Å². The molecule has 3 aromatic rings. The number of nitrogens with two attached hydrogens (primary N) is 1. The summed E-state index contributed by atoms with van der Waals surface area (Å²) < 4.78 is 73.3. The van der Waals surface area contributed by atoms with E-state index in [4.69, 9.17) is 10.5 Å². The predicted molar refractivity (Wildman–Crippen MR) is 111 cm³/mol. The molecule has 3 aromatic carbocycles. The molecule has 0 aliphatic carbocycles. The number of nitrogens with zero attached hydrogens (tertiary/aromatic N) is 1. The van der Waals surface area contributed by atoms with Gasteiger partial charge in [-0.1, -0.05) is 21.0 Å². The Morgan fingerprint density at radius 2 is 1.84 bits per heavy atom. The Kier molecular flexibility index (Phi) is 5.94. The SMILES string of the molecule is COc1cc(Br)ccc1N=[NH+]c1c(S(=O)(=O)O)cc2cc(S(=O)(=O)[O-])cc(N)c2c1O. The Morgan fingerprint density at radius 1 is 1.16 bits per heavy atom. The number of hydrogen-bond donors (Lipinski definition) is 4. The van der Waals surface area contributed by atoms with Gasteiger partial charge in [0.2, 0.25) is 5.75 Å². The van der Waals surface area contributed by atoms with Gasteiger partial charge >= 0.3 is 10.1 Å². The van der Waals surface area contributed by atoms with E-state index >= 15 is 0 Å². The number of nitrogens with one attached hydrogen (secondary N) is 1. The number of halogens is 1. The molecular formula is C17H14BrN3O8S2. The second-order valence-electron chi connectivity index (χ2n) is 6.18. The third kappa shape index (κ3) is 4.62. The number of methoxy groups -OCH3 is 1. The topological polar surface area (TPSA) is 193 Å². The molecule has 3 rings (SSSR count). The van der Waals surface area contributed by atoms with E-state index in [2.05, 4.69) is 26.2 Å². The van der Waals surface area contributed by atoms with Gasteiger partial charge in [-0.15, -0.1) is 0 Å². The number of hydrogen-bond acceptors (Lipinski definition) is 9. The minimum atomic E-state index is -4.93. The fourth-order valence-electron chi connectivity index (χ4n) is 2.82. The smallest absolute Gasteiger partial charge is 0.301 e. The average molecular weight is 532 g/mol. The number of phenols is 1. The highest BCUT2D eigenvalue weighted by Gasteiger charge is 2.28. The van der Waals surface area contributed by atoms with Gasteiger partial charge in [0, 0.05) is 15.3 Å². The Labute approximate surface area is 184 Å². The van der Waals surface area contributed by atoms with Crippen molar-refractivity contribution >= 4 is 64.0 Å². The molecule has 0 aliphatic heterocycles. The summed E-state index contributed by atoms with van der Waals surface area (Å²) in [6.45, 7) is 0. The van der Waals surface area contributed by atoms with Crippen LogP contribution in [0.25, 0.3) is 10.8 Å². The number of nitrogen functional groups attached to an aromatic ring is 1. The van der Waals surface area contributed by atoms with Crippen molar-refractivity contribution < 1.29 is 40.9 Å². The van der Waals surface area contributed by atoms with Gasteiger partial charge in [-0.25, -0.2) is 8.42 Å². The van der Waals surface area contributed by atoms with Crippen LogP contribution in [-0.2, 0) is 20.2 Å². The molecule has 0 saturated heterocycles. The van der Waals surface area contributed by atoms with E-state index < -0.39 is 41.5 Å². The molecule has 0 heterocycles. The summed E-state index contributed by atoms with van der Waals surface area (Å²) in [7, 11) is -8.46. The van der Waals surface area contributed by atoms with Crippen molar-refractivity contribution in [1.82, 2.24) is 0 Å². The van der Waals surface area contributed by atoms with Crippen LogP contribution in [0.15, 0.2) is 55.8 Å². The molecule has 14 heteroatoms. The molecule has 11 nitrogen and oxygen atoms in total. The first-order valence-corrected chi connectivity index (χ1v) is 11.8. The molecule has 5 N–H and O–H groups in total. The van der Waals surface area contributed by atoms with Gasteiger partial charge in [0.1, 0.15) is 10.1 Å². The second kappa shape index (κ2) is 8.05. The lowest BCUT2D eigenvalue weighted by molar-refractivity contribution is -0.437. The third-order valence-electron chi connectivity index (χ3n) is 4.18. The van der Waals surface area contributed by atoms with Crippen molar-refractivity contribution in [2.75, 3.05) is 12.8 Å². The number of anilines is 1. The summed E-state index contributed by atoms with van der Waals surface area (Å²) >= 11 is 3.26. The van der Waals surface area contributed by atoms with Crippen LogP contribution in [0.3, 0.4) is 0 Å². The van der Waals surface area contributed by atoms with E-state index in [9.17, 15) is 31.0 Å². The van der Waals surface area contributed by atoms with Gasteiger partial charge < -0.3 is 20.1 Å². The number of ether oxygens (including phenoxy) is 1. The summed E-state index contributed by atoms with van der Waals surface area (Å²) in [5.74, 6) is -0.433. The van der Waals surface area contributed by atoms with Gasteiger partial charge in [0.05, 0.1) is 17.4 Å². The largest absolute Gasteiger partial charge is 0.744 e. The number of rotatable bonds is 5. The van der Waals surface area contributed by atoms with E-state index in [1.165, 1.54) is 13.2 Å². The summed E-state index contributed by atoms with van der Waals surface area (Å²) in [6, 6.07) is 7.27. The van der Waals surface area contributed by atoms with Gasteiger partial charge in [0.25, 0.3) is 5.69 Å². The van der Waals surface area contributed by atoms with Crippen molar-refractivity contribution in [1.29, 1.82) is 0 Å². The zero-order valence-corrected chi connectivity index (χ0v) is 18.7. The molecule has 0 bridgehead atoms. The summed E-state index contributed by atoms with van der Waals surface area (Å²) in [4.78, 5) is -1.56. The number of aromatic hydroxyl groups is 1. The molecule has 31 heavy (non-hydrogen) atoms. The highest BCUT2D eigenvalue weighted by atomic mass is 79.9. The van der Waals surface area contributed by atoms with Gasteiger partial charge in [-0.05, 0) is 41.8 Å². The van der Waals surface area contributed by atoms with Crippen molar-refractivity contribution in [3.63, 3.8) is 0 Å². The van der Waals surface area contributed by atoms with Crippen LogP contribution in [0.4, 0.5) is 17.1 Å².